The molecule has 2 aromatic carbocycles. The molecule has 27 heavy (non-hydrogen) atoms. The topological polar surface area (TPSA) is 134 Å². The molecule has 0 aliphatic carbocycles. The number of nitrogens with zero attached hydrogens (tertiary/aromatic N) is 1. The van der Waals surface area contributed by atoms with Gasteiger partial charge in [-0.15, -0.1) is 0 Å². The number of rotatable bonds is 6. The van der Waals surface area contributed by atoms with Crippen molar-refractivity contribution in [3.63, 3.8) is 0 Å². The molecule has 4 N–H and O–H groups in total. The number of hydrogen-bond donors (Lipinski definition) is 2. The maximum absolute atomic E-state index is 12.3. The van der Waals surface area contributed by atoms with E-state index in [1.165, 1.54) is 19.2 Å². The van der Waals surface area contributed by atoms with Gasteiger partial charge in [0.05, 0.1) is 7.11 Å². The number of aryl methyl sites for hydroxylation is 1. The van der Waals surface area contributed by atoms with Gasteiger partial charge in [0, 0.05) is 11.8 Å². The maximum Gasteiger partial charge on any atom is 0.280 e. The molecule has 8 nitrogen and oxygen atoms in total. The number of aliphatic imine (C=N–C) groups is 1. The Morgan fingerprint density at radius 3 is 2.19 bits per heavy atom. The van der Waals surface area contributed by atoms with Crippen molar-refractivity contribution >= 4 is 21.7 Å². The van der Waals surface area contributed by atoms with Crippen LogP contribution in [0.15, 0.2) is 46.3 Å². The van der Waals surface area contributed by atoms with E-state index in [0.29, 0.717) is 23.5 Å². The second kappa shape index (κ2) is 8.09. The van der Waals surface area contributed by atoms with Crippen LogP contribution in [-0.2, 0) is 16.3 Å². The molecule has 0 aliphatic heterocycles. The molecule has 0 unspecified atom stereocenters. The number of guanidine groups is 1. The van der Waals surface area contributed by atoms with Crippen LogP contribution in [0.3, 0.4) is 0 Å². The molecule has 0 heterocycles. The van der Waals surface area contributed by atoms with Gasteiger partial charge in [-0.05, 0) is 48.4 Å². The summed E-state index contributed by atoms with van der Waals surface area (Å²) in [5.41, 5.74) is 11.2. The van der Waals surface area contributed by atoms with Crippen LogP contribution in [0.2, 0.25) is 0 Å². The van der Waals surface area contributed by atoms with E-state index in [-0.39, 0.29) is 16.2 Å². The molecule has 0 aliphatic rings. The Labute approximate surface area is 157 Å². The minimum atomic E-state index is -3.69. The lowest BCUT2D eigenvalue weighted by atomic mass is 10.0. The predicted octanol–water partition coefficient (Wildman–Crippen LogP) is 1.87. The van der Waals surface area contributed by atoms with Crippen molar-refractivity contribution in [3.8, 4) is 17.2 Å². The van der Waals surface area contributed by atoms with Gasteiger partial charge in [0.25, 0.3) is 5.91 Å². The van der Waals surface area contributed by atoms with Crippen LogP contribution >= 0.6 is 0 Å². The van der Waals surface area contributed by atoms with Gasteiger partial charge in [0.15, 0.2) is 15.8 Å². The van der Waals surface area contributed by atoms with E-state index in [4.69, 9.17) is 20.9 Å². The Morgan fingerprint density at radius 1 is 1.11 bits per heavy atom. The Bertz CT molecular complexity index is 979. The molecule has 9 heteroatoms. The molecule has 2 rings (SSSR count). The summed E-state index contributed by atoms with van der Waals surface area (Å²) in [6.45, 7) is 1.82. The van der Waals surface area contributed by atoms with E-state index in [2.05, 4.69) is 4.99 Å². The second-order valence-corrected chi connectivity index (χ2v) is 7.69. The molecule has 1 amide bonds. The fraction of sp³-hybridized carbons (Fsp3) is 0.222. The first-order chi connectivity index (χ1) is 12.7. The lowest BCUT2D eigenvalue weighted by Gasteiger charge is -2.14. The summed E-state index contributed by atoms with van der Waals surface area (Å²) in [4.78, 5) is 15.6. The third-order valence-electron chi connectivity index (χ3n) is 3.70. The molecular formula is C18H21N3O5S. The molecule has 0 atom stereocenters. The van der Waals surface area contributed by atoms with Crippen LogP contribution in [0.4, 0.5) is 0 Å². The molecule has 0 spiro atoms. The highest BCUT2D eigenvalue weighted by Gasteiger charge is 2.22. The summed E-state index contributed by atoms with van der Waals surface area (Å²) in [6, 6.07) is 9.42. The van der Waals surface area contributed by atoms with Gasteiger partial charge >= 0.3 is 0 Å². The molecular weight excluding hydrogens is 370 g/mol. The van der Waals surface area contributed by atoms with Crippen molar-refractivity contribution in [2.45, 2.75) is 18.2 Å². The molecule has 0 bridgehead atoms. The van der Waals surface area contributed by atoms with E-state index in [1.807, 2.05) is 6.92 Å². The van der Waals surface area contributed by atoms with E-state index < -0.39 is 21.7 Å². The highest BCUT2D eigenvalue weighted by Crippen LogP contribution is 2.33. The lowest BCUT2D eigenvalue weighted by Crippen LogP contribution is -2.24. The van der Waals surface area contributed by atoms with Crippen LogP contribution < -0.4 is 20.9 Å². The molecule has 0 fully saturated rings. The first kappa shape index (κ1) is 20.2. The summed E-state index contributed by atoms with van der Waals surface area (Å²) in [7, 11) is -2.15. The highest BCUT2D eigenvalue weighted by molar-refractivity contribution is 7.90. The Hall–Kier alpha value is -3.07. The second-order valence-electron chi connectivity index (χ2n) is 5.70. The van der Waals surface area contributed by atoms with Gasteiger partial charge in [-0.2, -0.15) is 4.99 Å². The Kier molecular flexibility index (Phi) is 6.06. The van der Waals surface area contributed by atoms with Crippen LogP contribution in [0.5, 0.6) is 17.2 Å². The van der Waals surface area contributed by atoms with E-state index in [0.717, 1.165) is 6.26 Å². The average molecular weight is 391 g/mol. The van der Waals surface area contributed by atoms with E-state index in [9.17, 15) is 13.2 Å². The number of amides is 1. The number of hydrogen-bond acceptors (Lipinski definition) is 5. The van der Waals surface area contributed by atoms with Crippen LogP contribution in [0, 0.1) is 0 Å². The molecule has 2 aromatic rings. The number of benzene rings is 2. The quantitative estimate of drug-likeness (QED) is 0.567. The van der Waals surface area contributed by atoms with Crippen molar-refractivity contribution < 1.29 is 22.7 Å². The first-order valence-corrected chi connectivity index (χ1v) is 9.87. The molecule has 144 valence electrons. The molecule has 0 saturated heterocycles. The Balaban J connectivity index is 2.58. The summed E-state index contributed by atoms with van der Waals surface area (Å²) in [5.74, 6) is 0.0548. The average Bonchev–Trinajstić information content (AvgIpc) is 2.60. The summed E-state index contributed by atoms with van der Waals surface area (Å²) in [5, 5.41) is 0. The van der Waals surface area contributed by atoms with Gasteiger partial charge in [-0.25, -0.2) is 8.42 Å². The van der Waals surface area contributed by atoms with E-state index >= 15 is 0 Å². The van der Waals surface area contributed by atoms with Crippen molar-refractivity contribution in [2.75, 3.05) is 13.4 Å². The summed E-state index contributed by atoms with van der Waals surface area (Å²) >= 11 is 0. The maximum atomic E-state index is 12.3. The first-order valence-electron chi connectivity index (χ1n) is 7.98. The predicted molar refractivity (Wildman–Crippen MR) is 102 cm³/mol. The van der Waals surface area contributed by atoms with Crippen molar-refractivity contribution in [1.29, 1.82) is 0 Å². The van der Waals surface area contributed by atoms with Gasteiger partial charge in [-0.3, -0.25) is 4.79 Å². The number of ether oxygens (including phenoxy) is 2. The third-order valence-corrected chi connectivity index (χ3v) is 4.82. The third kappa shape index (κ3) is 4.98. The van der Waals surface area contributed by atoms with Gasteiger partial charge in [0.2, 0.25) is 0 Å². The highest BCUT2D eigenvalue weighted by atomic mass is 32.2. The van der Waals surface area contributed by atoms with Crippen LogP contribution in [0.1, 0.15) is 22.8 Å². The number of nitrogens with two attached hydrogens (primary N) is 2. The lowest BCUT2D eigenvalue weighted by molar-refractivity contribution is 0.100. The Morgan fingerprint density at radius 2 is 1.70 bits per heavy atom. The normalized spacial score (nSPS) is 10.9. The van der Waals surface area contributed by atoms with Gasteiger partial charge in [0.1, 0.15) is 22.1 Å². The number of sulfone groups is 1. The smallest absolute Gasteiger partial charge is 0.280 e. The zero-order chi connectivity index (χ0) is 20.2. The van der Waals surface area contributed by atoms with Gasteiger partial charge in [-0.1, -0.05) is 6.92 Å². The zero-order valence-electron chi connectivity index (χ0n) is 15.2. The summed E-state index contributed by atoms with van der Waals surface area (Å²) in [6.07, 6.45) is 1.48. The van der Waals surface area contributed by atoms with Crippen molar-refractivity contribution in [3.05, 3.63) is 47.5 Å². The summed E-state index contributed by atoms with van der Waals surface area (Å²) < 4.78 is 35.3. The fourth-order valence-electron chi connectivity index (χ4n) is 2.41. The van der Waals surface area contributed by atoms with Gasteiger partial charge < -0.3 is 20.9 Å². The number of methoxy groups -OCH3 is 1. The molecule has 0 radical (unpaired) electrons. The molecule has 0 saturated carbocycles. The van der Waals surface area contributed by atoms with Crippen molar-refractivity contribution in [2.24, 2.45) is 16.5 Å². The van der Waals surface area contributed by atoms with Crippen molar-refractivity contribution in [1.82, 2.24) is 0 Å². The minimum Gasteiger partial charge on any atom is -0.497 e. The number of carbonyl (C=O) groups is 1. The van der Waals surface area contributed by atoms with E-state index in [1.54, 1.807) is 24.3 Å². The minimum absolute atomic E-state index is 0.105. The SMILES string of the molecule is CCc1cc(Oc2ccc(OC)cc2)c(S(C)(=O)=O)cc1C(=O)N=C(N)N. The fourth-order valence-corrected chi connectivity index (χ4v) is 3.21. The number of carbonyl (C=O) groups excluding carboxylic acids is 1. The monoisotopic (exact) mass is 391 g/mol. The molecule has 0 aromatic heterocycles. The largest absolute Gasteiger partial charge is 0.497 e. The van der Waals surface area contributed by atoms with Crippen LogP contribution in [-0.4, -0.2) is 33.7 Å². The zero-order valence-corrected chi connectivity index (χ0v) is 16.0. The standard InChI is InChI=1S/C18H21N3O5S/c1-4-11-9-15(26-13-7-5-12(25-2)6-8-13)16(27(3,23)24)10-14(11)17(22)21-18(19)20/h5-10H,4H2,1-3H3,(H4,19,20,21,22). The van der Waals surface area contributed by atoms with Crippen LogP contribution in [0.25, 0.3) is 0 Å².